The number of rotatable bonds is 4. The summed E-state index contributed by atoms with van der Waals surface area (Å²) in [4.78, 5) is 0. The van der Waals surface area contributed by atoms with E-state index in [0.717, 1.165) is 11.4 Å². The van der Waals surface area contributed by atoms with Crippen molar-refractivity contribution < 1.29 is 0 Å². The summed E-state index contributed by atoms with van der Waals surface area (Å²) in [6, 6.07) is 17.7. The van der Waals surface area contributed by atoms with Gasteiger partial charge in [0, 0.05) is 7.05 Å². The SMILES string of the molecule is Cc1ccccc1N(C)NN=Nc1ccccc1. The van der Waals surface area contributed by atoms with Crippen molar-refractivity contribution in [3.63, 3.8) is 0 Å². The van der Waals surface area contributed by atoms with Crippen LogP contribution in [0.15, 0.2) is 64.9 Å². The third-order valence-electron chi connectivity index (χ3n) is 2.59. The maximum Gasteiger partial charge on any atom is 0.0874 e. The molecular formula is C14H16N4. The largest absolute Gasteiger partial charge is 0.274 e. The maximum atomic E-state index is 4.07. The lowest BCUT2D eigenvalue weighted by molar-refractivity contribution is 0.681. The minimum atomic E-state index is 0.822. The average molecular weight is 240 g/mol. The van der Waals surface area contributed by atoms with Crippen LogP contribution in [0.5, 0.6) is 0 Å². The average Bonchev–Trinajstić information content (AvgIpc) is 2.40. The molecule has 92 valence electrons. The van der Waals surface area contributed by atoms with E-state index < -0.39 is 0 Å². The predicted molar refractivity (Wildman–Crippen MR) is 73.7 cm³/mol. The lowest BCUT2D eigenvalue weighted by atomic mass is 10.2. The topological polar surface area (TPSA) is 40.0 Å². The Morgan fingerprint density at radius 3 is 2.33 bits per heavy atom. The molecule has 0 aliphatic rings. The summed E-state index contributed by atoms with van der Waals surface area (Å²) in [7, 11) is 1.91. The van der Waals surface area contributed by atoms with Crippen LogP contribution < -0.4 is 10.5 Å². The molecule has 0 atom stereocenters. The Balaban J connectivity index is 1.99. The van der Waals surface area contributed by atoms with Crippen molar-refractivity contribution in [3.8, 4) is 0 Å². The van der Waals surface area contributed by atoms with Crippen molar-refractivity contribution in [3.05, 3.63) is 60.2 Å². The van der Waals surface area contributed by atoms with E-state index in [1.54, 1.807) is 0 Å². The Hall–Kier alpha value is -2.36. The van der Waals surface area contributed by atoms with E-state index in [9.17, 15) is 0 Å². The molecule has 2 aromatic carbocycles. The fourth-order valence-electron chi connectivity index (χ4n) is 1.64. The minimum absolute atomic E-state index is 0.822. The minimum Gasteiger partial charge on any atom is -0.274 e. The van der Waals surface area contributed by atoms with Gasteiger partial charge in [-0.05, 0) is 30.7 Å². The first-order chi connectivity index (χ1) is 8.77. The third-order valence-corrected chi connectivity index (χ3v) is 2.59. The maximum absolute atomic E-state index is 4.07. The molecule has 2 rings (SSSR count). The highest BCUT2D eigenvalue weighted by Gasteiger charge is 2.01. The number of hydrogen-bond acceptors (Lipinski definition) is 3. The fourth-order valence-corrected chi connectivity index (χ4v) is 1.64. The first kappa shape index (κ1) is 12.1. The first-order valence-corrected chi connectivity index (χ1v) is 5.78. The second-order valence-corrected chi connectivity index (χ2v) is 3.98. The van der Waals surface area contributed by atoms with Gasteiger partial charge in [0.25, 0.3) is 0 Å². The monoisotopic (exact) mass is 240 g/mol. The Labute approximate surface area is 107 Å². The number of anilines is 1. The van der Waals surface area contributed by atoms with Gasteiger partial charge < -0.3 is 0 Å². The zero-order valence-corrected chi connectivity index (χ0v) is 10.5. The number of nitrogens with one attached hydrogen (secondary N) is 1. The molecule has 4 nitrogen and oxygen atoms in total. The summed E-state index contributed by atoms with van der Waals surface area (Å²) in [5.41, 5.74) is 5.96. The van der Waals surface area contributed by atoms with Gasteiger partial charge >= 0.3 is 0 Å². The standard InChI is InChI=1S/C14H16N4/c1-12-8-6-7-11-14(12)18(2)17-16-15-13-9-4-3-5-10-13/h3-11H,1-2H3,(H,15,17). The molecule has 0 saturated carbocycles. The molecule has 1 N–H and O–H groups in total. The molecule has 2 aromatic rings. The predicted octanol–water partition coefficient (Wildman–Crippen LogP) is 3.63. The number of hydrazine groups is 1. The first-order valence-electron chi connectivity index (χ1n) is 5.78. The van der Waals surface area contributed by atoms with E-state index in [1.165, 1.54) is 5.56 Å². The van der Waals surface area contributed by atoms with Gasteiger partial charge in [-0.2, -0.15) is 5.53 Å². The van der Waals surface area contributed by atoms with E-state index in [-0.39, 0.29) is 0 Å². The van der Waals surface area contributed by atoms with Crippen molar-refractivity contribution in [1.29, 1.82) is 0 Å². The molecular weight excluding hydrogens is 224 g/mol. The lowest BCUT2D eigenvalue weighted by Gasteiger charge is -2.18. The Bertz CT molecular complexity index is 522. The van der Waals surface area contributed by atoms with Crippen molar-refractivity contribution in [1.82, 2.24) is 5.53 Å². The molecule has 0 saturated heterocycles. The number of nitrogens with zero attached hydrogens (tertiary/aromatic N) is 3. The van der Waals surface area contributed by atoms with E-state index >= 15 is 0 Å². The van der Waals surface area contributed by atoms with E-state index in [2.05, 4.69) is 28.9 Å². The quantitative estimate of drug-likeness (QED) is 0.654. The third kappa shape index (κ3) is 3.07. The zero-order valence-electron chi connectivity index (χ0n) is 10.5. The van der Waals surface area contributed by atoms with E-state index in [1.807, 2.05) is 60.6 Å². The summed E-state index contributed by atoms with van der Waals surface area (Å²) in [6.45, 7) is 2.06. The molecule has 4 heteroatoms. The van der Waals surface area contributed by atoms with Crippen LogP contribution in [0, 0.1) is 6.92 Å². The van der Waals surface area contributed by atoms with Crippen LogP contribution in [0.25, 0.3) is 0 Å². The van der Waals surface area contributed by atoms with Gasteiger partial charge in [-0.25, -0.2) is 0 Å². The van der Waals surface area contributed by atoms with Crippen LogP contribution in [0.4, 0.5) is 11.4 Å². The number of benzene rings is 2. The van der Waals surface area contributed by atoms with Crippen LogP contribution in [0.2, 0.25) is 0 Å². The molecule has 0 spiro atoms. The smallest absolute Gasteiger partial charge is 0.0874 e. The van der Waals surface area contributed by atoms with Gasteiger partial charge in [0.15, 0.2) is 0 Å². The summed E-state index contributed by atoms with van der Waals surface area (Å²) >= 11 is 0. The molecule has 0 aliphatic heterocycles. The van der Waals surface area contributed by atoms with Gasteiger partial charge in [0.2, 0.25) is 0 Å². The second-order valence-electron chi connectivity index (χ2n) is 3.98. The summed E-state index contributed by atoms with van der Waals surface area (Å²) in [5, 5.41) is 9.87. The van der Waals surface area contributed by atoms with Gasteiger partial charge in [-0.1, -0.05) is 41.6 Å². The van der Waals surface area contributed by atoms with Gasteiger partial charge in [0.1, 0.15) is 0 Å². The zero-order chi connectivity index (χ0) is 12.8. The van der Waals surface area contributed by atoms with E-state index in [0.29, 0.717) is 0 Å². The van der Waals surface area contributed by atoms with Crippen LogP contribution >= 0.6 is 0 Å². The highest BCUT2D eigenvalue weighted by molar-refractivity contribution is 5.51. The van der Waals surface area contributed by atoms with Gasteiger partial charge in [-0.15, -0.1) is 5.11 Å². The Morgan fingerprint density at radius 2 is 1.61 bits per heavy atom. The molecule has 0 amide bonds. The fraction of sp³-hybridized carbons (Fsp3) is 0.143. The number of para-hydroxylation sites is 1. The number of hydrogen-bond donors (Lipinski definition) is 1. The molecule has 0 heterocycles. The molecule has 0 unspecified atom stereocenters. The Kier molecular flexibility index (Phi) is 3.91. The van der Waals surface area contributed by atoms with Crippen LogP contribution in [-0.4, -0.2) is 7.05 Å². The van der Waals surface area contributed by atoms with Crippen molar-refractivity contribution in [2.24, 2.45) is 10.3 Å². The van der Waals surface area contributed by atoms with Gasteiger partial charge in [0.05, 0.1) is 11.4 Å². The second kappa shape index (κ2) is 5.82. The molecule has 0 bridgehead atoms. The summed E-state index contributed by atoms with van der Waals surface area (Å²) < 4.78 is 0. The normalized spacial score (nSPS) is 10.6. The highest BCUT2D eigenvalue weighted by atomic mass is 15.7. The van der Waals surface area contributed by atoms with Crippen molar-refractivity contribution >= 4 is 11.4 Å². The molecule has 0 aromatic heterocycles. The van der Waals surface area contributed by atoms with Crippen LogP contribution in [0.3, 0.4) is 0 Å². The summed E-state index contributed by atoms with van der Waals surface area (Å²) in [5.74, 6) is 0. The Morgan fingerprint density at radius 1 is 0.944 bits per heavy atom. The van der Waals surface area contributed by atoms with Crippen molar-refractivity contribution in [2.45, 2.75) is 6.92 Å². The highest BCUT2D eigenvalue weighted by Crippen LogP contribution is 2.16. The molecule has 0 fully saturated rings. The molecule has 18 heavy (non-hydrogen) atoms. The van der Waals surface area contributed by atoms with Gasteiger partial charge in [-0.3, -0.25) is 5.01 Å². The van der Waals surface area contributed by atoms with Crippen LogP contribution in [0.1, 0.15) is 5.56 Å². The van der Waals surface area contributed by atoms with E-state index in [4.69, 9.17) is 0 Å². The van der Waals surface area contributed by atoms with Crippen LogP contribution in [-0.2, 0) is 0 Å². The lowest BCUT2D eigenvalue weighted by Crippen LogP contribution is -2.29. The van der Waals surface area contributed by atoms with Crippen molar-refractivity contribution in [2.75, 3.05) is 12.1 Å². The molecule has 0 aliphatic carbocycles. The number of aryl methyl sites for hydroxylation is 1. The summed E-state index contributed by atoms with van der Waals surface area (Å²) in [6.07, 6.45) is 0. The molecule has 0 radical (unpaired) electrons.